The fraction of sp³-hybridized carbons (Fsp3) is 0.294. The molecule has 0 unspecified atom stereocenters. The van der Waals surface area contributed by atoms with Crippen molar-refractivity contribution in [3.05, 3.63) is 58.7 Å². The van der Waals surface area contributed by atoms with Gasteiger partial charge in [0.15, 0.2) is 0 Å². The number of rotatable bonds is 4. The van der Waals surface area contributed by atoms with Crippen molar-refractivity contribution < 1.29 is 4.79 Å². The number of carbonyl (C=O) groups excluding carboxylic acids is 1. The van der Waals surface area contributed by atoms with Crippen LogP contribution in [0.3, 0.4) is 0 Å². The summed E-state index contributed by atoms with van der Waals surface area (Å²) < 4.78 is 0. The molecular weight excluding hydrogens is 316 g/mol. The molecule has 1 saturated heterocycles. The summed E-state index contributed by atoms with van der Waals surface area (Å²) >= 11 is 7.53. The van der Waals surface area contributed by atoms with E-state index in [-0.39, 0.29) is 5.91 Å². The summed E-state index contributed by atoms with van der Waals surface area (Å²) in [6.45, 7) is 1.73. The number of pyridine rings is 1. The van der Waals surface area contributed by atoms with Crippen LogP contribution in [0.5, 0.6) is 0 Å². The first-order chi connectivity index (χ1) is 10.7. The van der Waals surface area contributed by atoms with Gasteiger partial charge in [-0.15, -0.1) is 11.8 Å². The van der Waals surface area contributed by atoms with Gasteiger partial charge in [0.2, 0.25) is 0 Å². The molecule has 22 heavy (non-hydrogen) atoms. The lowest BCUT2D eigenvalue weighted by atomic mass is 10.2. The minimum atomic E-state index is 0.0965. The molecule has 0 saturated carbocycles. The highest BCUT2D eigenvalue weighted by Gasteiger charge is 2.19. The summed E-state index contributed by atoms with van der Waals surface area (Å²) in [4.78, 5) is 18.5. The number of carbonyl (C=O) groups is 1. The molecular formula is C17H17ClN2OS. The molecule has 2 heterocycles. The Balaban J connectivity index is 1.59. The van der Waals surface area contributed by atoms with Crippen molar-refractivity contribution in [1.82, 2.24) is 9.88 Å². The van der Waals surface area contributed by atoms with Crippen molar-refractivity contribution in [3.8, 4) is 0 Å². The van der Waals surface area contributed by atoms with E-state index in [4.69, 9.17) is 11.6 Å². The molecule has 1 aliphatic heterocycles. The van der Waals surface area contributed by atoms with Gasteiger partial charge in [-0.2, -0.15) is 0 Å². The minimum Gasteiger partial charge on any atom is -0.339 e. The van der Waals surface area contributed by atoms with Gasteiger partial charge in [0.05, 0.1) is 10.6 Å². The molecule has 1 aliphatic rings. The lowest BCUT2D eigenvalue weighted by molar-refractivity contribution is 0.0792. The predicted molar refractivity (Wildman–Crippen MR) is 90.4 cm³/mol. The number of benzene rings is 1. The van der Waals surface area contributed by atoms with E-state index in [9.17, 15) is 4.79 Å². The van der Waals surface area contributed by atoms with Gasteiger partial charge in [0, 0.05) is 30.1 Å². The van der Waals surface area contributed by atoms with Crippen molar-refractivity contribution in [3.63, 3.8) is 0 Å². The van der Waals surface area contributed by atoms with Crippen molar-refractivity contribution in [1.29, 1.82) is 0 Å². The van der Waals surface area contributed by atoms with E-state index < -0.39 is 0 Å². The molecule has 0 bridgehead atoms. The zero-order valence-electron chi connectivity index (χ0n) is 12.2. The Hall–Kier alpha value is -1.52. The Morgan fingerprint density at radius 2 is 1.86 bits per heavy atom. The summed E-state index contributed by atoms with van der Waals surface area (Å²) in [5.41, 5.74) is 1.88. The van der Waals surface area contributed by atoms with Gasteiger partial charge in [-0.1, -0.05) is 23.7 Å². The highest BCUT2D eigenvalue weighted by molar-refractivity contribution is 7.98. The lowest BCUT2D eigenvalue weighted by Crippen LogP contribution is -2.27. The number of nitrogens with zero attached hydrogens (tertiary/aromatic N) is 2. The van der Waals surface area contributed by atoms with E-state index in [1.165, 1.54) is 5.56 Å². The summed E-state index contributed by atoms with van der Waals surface area (Å²) in [7, 11) is 0. The maximum atomic E-state index is 12.2. The van der Waals surface area contributed by atoms with E-state index in [0.717, 1.165) is 41.7 Å². The van der Waals surface area contributed by atoms with E-state index in [1.807, 2.05) is 41.3 Å². The Kier molecular flexibility index (Phi) is 5.01. The molecule has 114 valence electrons. The molecule has 1 aromatic heterocycles. The zero-order valence-corrected chi connectivity index (χ0v) is 13.7. The van der Waals surface area contributed by atoms with Crippen LogP contribution in [0, 0.1) is 0 Å². The first kappa shape index (κ1) is 15.4. The van der Waals surface area contributed by atoms with Gasteiger partial charge in [-0.05, 0) is 42.7 Å². The average molecular weight is 333 g/mol. The van der Waals surface area contributed by atoms with Crippen molar-refractivity contribution in [2.24, 2.45) is 0 Å². The Morgan fingerprint density at radius 3 is 2.50 bits per heavy atom. The lowest BCUT2D eigenvalue weighted by Gasteiger charge is -2.14. The first-order valence-electron chi connectivity index (χ1n) is 7.35. The third-order valence-corrected chi connectivity index (χ3v) is 4.94. The van der Waals surface area contributed by atoms with Crippen LogP contribution >= 0.6 is 23.4 Å². The van der Waals surface area contributed by atoms with Crippen LogP contribution in [0.1, 0.15) is 28.8 Å². The normalized spacial score (nSPS) is 14.3. The van der Waals surface area contributed by atoms with Crippen LogP contribution in [0.15, 0.2) is 47.6 Å². The molecule has 5 heteroatoms. The zero-order chi connectivity index (χ0) is 15.4. The summed E-state index contributed by atoms with van der Waals surface area (Å²) in [6, 6.07) is 11.6. The van der Waals surface area contributed by atoms with E-state index in [1.54, 1.807) is 18.0 Å². The minimum absolute atomic E-state index is 0.0965. The number of hydrogen-bond donors (Lipinski definition) is 0. The molecule has 0 spiro atoms. The van der Waals surface area contributed by atoms with Gasteiger partial charge >= 0.3 is 0 Å². The highest BCUT2D eigenvalue weighted by atomic mass is 35.5. The molecule has 2 aromatic rings. The molecule has 0 N–H and O–H groups in total. The molecule has 0 aliphatic carbocycles. The summed E-state index contributed by atoms with van der Waals surface area (Å²) in [5.74, 6) is 0.933. The van der Waals surface area contributed by atoms with Crippen molar-refractivity contribution in [2.45, 2.75) is 23.6 Å². The summed E-state index contributed by atoms with van der Waals surface area (Å²) in [6.07, 6.45) is 3.90. The maximum Gasteiger partial charge on any atom is 0.255 e. The third kappa shape index (κ3) is 3.81. The van der Waals surface area contributed by atoms with E-state index in [0.29, 0.717) is 5.56 Å². The number of aromatic nitrogens is 1. The van der Waals surface area contributed by atoms with Gasteiger partial charge in [-0.3, -0.25) is 4.79 Å². The van der Waals surface area contributed by atoms with Crippen LogP contribution < -0.4 is 0 Å². The Bertz CT molecular complexity index is 637. The molecule has 0 radical (unpaired) electrons. The second-order valence-corrected chi connectivity index (χ2v) is 6.73. The number of amides is 1. The molecule has 0 atom stereocenters. The maximum absolute atomic E-state index is 12.2. The molecule has 3 rings (SSSR count). The Labute approximate surface area is 139 Å². The van der Waals surface area contributed by atoms with Crippen molar-refractivity contribution >= 4 is 29.3 Å². The van der Waals surface area contributed by atoms with Crippen LogP contribution in [-0.4, -0.2) is 28.9 Å². The standard InChI is InChI=1S/C17H17ClN2OS/c18-15-6-3-13(4-7-15)12-22-16-8-5-14(11-19-16)17(21)20-9-1-2-10-20/h3-8,11H,1-2,9-10,12H2. The monoisotopic (exact) mass is 332 g/mol. The van der Waals surface area contributed by atoms with Crippen LogP contribution in [-0.2, 0) is 5.75 Å². The quantitative estimate of drug-likeness (QED) is 0.784. The number of thioether (sulfide) groups is 1. The number of halogens is 1. The number of likely N-dealkylation sites (tertiary alicyclic amines) is 1. The summed E-state index contributed by atoms with van der Waals surface area (Å²) in [5, 5.41) is 1.67. The van der Waals surface area contributed by atoms with Gasteiger partial charge in [0.1, 0.15) is 0 Å². The van der Waals surface area contributed by atoms with Crippen LogP contribution in [0.2, 0.25) is 5.02 Å². The SMILES string of the molecule is O=C(c1ccc(SCc2ccc(Cl)cc2)nc1)N1CCCC1. The van der Waals surface area contributed by atoms with Crippen molar-refractivity contribution in [2.75, 3.05) is 13.1 Å². The fourth-order valence-corrected chi connectivity index (χ4v) is 3.36. The van der Waals surface area contributed by atoms with Gasteiger partial charge in [-0.25, -0.2) is 4.98 Å². The molecule has 1 fully saturated rings. The fourth-order valence-electron chi connectivity index (χ4n) is 2.43. The first-order valence-corrected chi connectivity index (χ1v) is 8.71. The molecule has 3 nitrogen and oxygen atoms in total. The smallest absolute Gasteiger partial charge is 0.255 e. The highest BCUT2D eigenvalue weighted by Crippen LogP contribution is 2.22. The van der Waals surface area contributed by atoms with Gasteiger partial charge in [0.25, 0.3) is 5.91 Å². The van der Waals surface area contributed by atoms with E-state index >= 15 is 0 Å². The molecule has 1 amide bonds. The Morgan fingerprint density at radius 1 is 1.14 bits per heavy atom. The predicted octanol–water partition coefficient (Wildman–Crippen LogP) is 4.26. The third-order valence-electron chi connectivity index (χ3n) is 3.68. The van der Waals surface area contributed by atoms with Gasteiger partial charge < -0.3 is 4.90 Å². The topological polar surface area (TPSA) is 33.2 Å². The van der Waals surface area contributed by atoms with Crippen LogP contribution in [0.25, 0.3) is 0 Å². The van der Waals surface area contributed by atoms with E-state index in [2.05, 4.69) is 4.98 Å². The number of hydrogen-bond acceptors (Lipinski definition) is 3. The average Bonchev–Trinajstić information content (AvgIpc) is 3.09. The molecule has 1 aromatic carbocycles. The largest absolute Gasteiger partial charge is 0.339 e. The second kappa shape index (κ2) is 7.16. The second-order valence-electron chi connectivity index (χ2n) is 5.30. The van der Waals surface area contributed by atoms with Crippen LogP contribution in [0.4, 0.5) is 0 Å².